The molecule has 0 aliphatic carbocycles. The van der Waals surface area contributed by atoms with Gasteiger partial charge in [-0.1, -0.05) is 6.92 Å². The molecule has 0 bridgehead atoms. The fourth-order valence-electron chi connectivity index (χ4n) is 1.39. The fraction of sp³-hybridized carbons (Fsp3) is 0.417. The zero-order valence-corrected chi connectivity index (χ0v) is 10.9. The minimum Gasteiger partial charge on any atom is -0.396 e. The number of nitrogens with two attached hydrogens (primary N) is 1. The van der Waals surface area contributed by atoms with E-state index in [-0.39, 0.29) is 5.69 Å². The Morgan fingerprint density at radius 2 is 2.17 bits per heavy atom. The predicted molar refractivity (Wildman–Crippen MR) is 70.7 cm³/mol. The molecule has 3 nitrogen and oxygen atoms in total. The van der Waals surface area contributed by atoms with Crippen molar-refractivity contribution in [3.63, 3.8) is 0 Å². The van der Waals surface area contributed by atoms with Crippen molar-refractivity contribution in [1.82, 2.24) is 5.32 Å². The van der Waals surface area contributed by atoms with Crippen LogP contribution < -0.4 is 11.1 Å². The van der Waals surface area contributed by atoms with E-state index >= 15 is 0 Å². The molecule has 1 amide bonds. The van der Waals surface area contributed by atoms with Crippen LogP contribution in [0.2, 0.25) is 0 Å². The predicted octanol–water partition coefficient (Wildman–Crippen LogP) is 2.42. The molecule has 0 fully saturated rings. The molecule has 0 saturated heterocycles. The molecule has 0 aliphatic rings. The van der Waals surface area contributed by atoms with Crippen molar-refractivity contribution in [2.24, 2.45) is 0 Å². The third-order valence-corrected chi connectivity index (χ3v) is 3.29. The molecule has 1 aromatic carbocycles. The molecular weight excluding hydrogens is 258 g/mol. The van der Waals surface area contributed by atoms with Gasteiger partial charge in [0, 0.05) is 6.54 Å². The lowest BCUT2D eigenvalue weighted by molar-refractivity contribution is 0.0945. The summed E-state index contributed by atoms with van der Waals surface area (Å²) in [4.78, 5) is 11.6. The number of nitrogen functional groups attached to an aromatic ring is 1. The van der Waals surface area contributed by atoms with Gasteiger partial charge in [0.1, 0.15) is 11.4 Å². The van der Waals surface area contributed by atoms with Crippen molar-refractivity contribution in [2.45, 2.75) is 13.3 Å². The maximum atomic E-state index is 13.5. The maximum absolute atomic E-state index is 13.5. The number of rotatable bonds is 6. The summed E-state index contributed by atoms with van der Waals surface area (Å²) in [7, 11) is 0. The third kappa shape index (κ3) is 3.87. The van der Waals surface area contributed by atoms with Crippen LogP contribution in [0, 0.1) is 11.6 Å². The fourth-order valence-corrected chi connectivity index (χ4v) is 2.02. The molecule has 0 saturated carbocycles. The molecule has 0 atom stereocenters. The second-order valence-corrected chi connectivity index (χ2v) is 5.03. The van der Waals surface area contributed by atoms with Crippen LogP contribution in [0.4, 0.5) is 14.5 Å². The van der Waals surface area contributed by atoms with Gasteiger partial charge in [0.2, 0.25) is 0 Å². The first-order valence-corrected chi connectivity index (χ1v) is 6.82. The number of thioether (sulfide) groups is 1. The normalized spacial score (nSPS) is 10.4. The first-order chi connectivity index (χ1) is 8.57. The van der Waals surface area contributed by atoms with Crippen LogP contribution in [0.5, 0.6) is 0 Å². The Kier molecular flexibility index (Phi) is 5.91. The second kappa shape index (κ2) is 7.20. The third-order valence-electron chi connectivity index (χ3n) is 2.30. The maximum Gasteiger partial charge on any atom is 0.257 e. The van der Waals surface area contributed by atoms with Gasteiger partial charge in [0.15, 0.2) is 5.82 Å². The largest absolute Gasteiger partial charge is 0.396 e. The summed E-state index contributed by atoms with van der Waals surface area (Å²) in [5.74, 6) is -0.762. The van der Waals surface area contributed by atoms with Crippen LogP contribution in [0.15, 0.2) is 12.1 Å². The average Bonchev–Trinajstić information content (AvgIpc) is 2.34. The van der Waals surface area contributed by atoms with Gasteiger partial charge in [0.05, 0.1) is 5.69 Å². The van der Waals surface area contributed by atoms with E-state index in [1.54, 1.807) is 11.8 Å². The van der Waals surface area contributed by atoms with Gasteiger partial charge >= 0.3 is 0 Å². The number of hydrogen-bond acceptors (Lipinski definition) is 3. The first-order valence-electron chi connectivity index (χ1n) is 5.67. The highest BCUT2D eigenvalue weighted by molar-refractivity contribution is 7.99. The van der Waals surface area contributed by atoms with Crippen molar-refractivity contribution in [2.75, 3.05) is 23.8 Å². The van der Waals surface area contributed by atoms with Crippen LogP contribution in [0.25, 0.3) is 0 Å². The van der Waals surface area contributed by atoms with Crippen molar-refractivity contribution >= 4 is 23.4 Å². The lowest BCUT2D eigenvalue weighted by Crippen LogP contribution is -2.27. The number of carbonyl (C=O) groups excluding carboxylic acids is 1. The molecule has 0 heterocycles. The Bertz CT molecular complexity index is 427. The molecule has 0 radical (unpaired) electrons. The lowest BCUT2D eigenvalue weighted by Gasteiger charge is -2.08. The van der Waals surface area contributed by atoms with Gasteiger partial charge in [-0.25, -0.2) is 8.78 Å². The average molecular weight is 274 g/mol. The van der Waals surface area contributed by atoms with Crippen LogP contribution in [0.1, 0.15) is 23.7 Å². The van der Waals surface area contributed by atoms with E-state index < -0.39 is 23.1 Å². The molecule has 18 heavy (non-hydrogen) atoms. The molecule has 0 aromatic heterocycles. The number of halogens is 2. The van der Waals surface area contributed by atoms with Crippen molar-refractivity contribution < 1.29 is 13.6 Å². The smallest absolute Gasteiger partial charge is 0.257 e. The summed E-state index contributed by atoms with van der Waals surface area (Å²) in [5, 5.41) is 2.48. The van der Waals surface area contributed by atoms with Crippen LogP contribution in [0.3, 0.4) is 0 Å². The molecule has 3 N–H and O–H groups in total. The highest BCUT2D eigenvalue weighted by Gasteiger charge is 2.18. The van der Waals surface area contributed by atoms with Gasteiger partial charge in [-0.3, -0.25) is 4.79 Å². The van der Waals surface area contributed by atoms with Gasteiger partial charge < -0.3 is 11.1 Å². The molecular formula is C12H16F2N2OS. The second-order valence-electron chi connectivity index (χ2n) is 3.63. The summed E-state index contributed by atoms with van der Waals surface area (Å²) >= 11 is 1.74. The van der Waals surface area contributed by atoms with Crippen LogP contribution in [-0.4, -0.2) is 24.0 Å². The van der Waals surface area contributed by atoms with Gasteiger partial charge in [-0.05, 0) is 30.1 Å². The van der Waals surface area contributed by atoms with E-state index in [9.17, 15) is 13.6 Å². The minimum absolute atomic E-state index is 0.233. The summed E-state index contributed by atoms with van der Waals surface area (Å²) in [5.41, 5.74) is 4.45. The Morgan fingerprint density at radius 3 is 2.83 bits per heavy atom. The molecule has 1 rings (SSSR count). The zero-order chi connectivity index (χ0) is 13.5. The molecule has 6 heteroatoms. The van der Waals surface area contributed by atoms with Gasteiger partial charge in [-0.15, -0.1) is 0 Å². The van der Waals surface area contributed by atoms with Gasteiger partial charge in [-0.2, -0.15) is 11.8 Å². The topological polar surface area (TPSA) is 55.1 Å². The number of amides is 1. The van der Waals surface area contributed by atoms with Gasteiger partial charge in [0.25, 0.3) is 5.91 Å². The SMILES string of the molecule is CCSCCCNC(=O)c1c(F)ccc(N)c1F. The Balaban J connectivity index is 2.59. The van der Waals surface area contributed by atoms with E-state index in [1.807, 2.05) is 6.92 Å². The van der Waals surface area contributed by atoms with Crippen molar-refractivity contribution in [3.8, 4) is 0 Å². The number of anilines is 1. The minimum atomic E-state index is -1.00. The van der Waals surface area contributed by atoms with E-state index in [4.69, 9.17) is 5.73 Å². The zero-order valence-electron chi connectivity index (χ0n) is 10.1. The Labute approximate surface area is 109 Å². The van der Waals surface area contributed by atoms with Crippen molar-refractivity contribution in [3.05, 3.63) is 29.3 Å². The summed E-state index contributed by atoms with van der Waals surface area (Å²) in [6, 6.07) is 2.08. The quantitative estimate of drug-likeness (QED) is 0.619. The molecule has 0 spiro atoms. The van der Waals surface area contributed by atoms with Crippen LogP contribution in [-0.2, 0) is 0 Å². The summed E-state index contributed by atoms with van der Waals surface area (Å²) < 4.78 is 26.9. The first kappa shape index (κ1) is 14.8. The standard InChI is InChI=1S/C12H16F2N2OS/c1-2-18-7-3-6-16-12(17)10-8(13)4-5-9(15)11(10)14/h4-5H,2-3,6-7,15H2,1H3,(H,16,17). The highest BCUT2D eigenvalue weighted by atomic mass is 32.2. The van der Waals surface area contributed by atoms with Crippen molar-refractivity contribution in [1.29, 1.82) is 0 Å². The molecule has 1 aromatic rings. The Morgan fingerprint density at radius 1 is 1.44 bits per heavy atom. The molecule has 0 aliphatic heterocycles. The number of benzene rings is 1. The van der Waals surface area contributed by atoms with E-state index in [0.717, 1.165) is 30.1 Å². The number of nitrogens with one attached hydrogen (secondary N) is 1. The highest BCUT2D eigenvalue weighted by Crippen LogP contribution is 2.18. The summed E-state index contributed by atoms with van der Waals surface area (Å²) in [6.07, 6.45) is 0.760. The lowest BCUT2D eigenvalue weighted by atomic mass is 10.1. The van der Waals surface area contributed by atoms with Crippen LogP contribution >= 0.6 is 11.8 Å². The number of hydrogen-bond donors (Lipinski definition) is 2. The van der Waals surface area contributed by atoms with E-state index in [2.05, 4.69) is 5.32 Å². The monoisotopic (exact) mass is 274 g/mol. The van der Waals surface area contributed by atoms with E-state index in [1.165, 1.54) is 0 Å². The number of carbonyl (C=O) groups is 1. The van der Waals surface area contributed by atoms with E-state index in [0.29, 0.717) is 6.54 Å². The molecule has 100 valence electrons. The Hall–Kier alpha value is -1.30. The molecule has 0 unspecified atom stereocenters. The summed E-state index contributed by atoms with van der Waals surface area (Å²) in [6.45, 7) is 2.43.